The van der Waals surface area contributed by atoms with Gasteiger partial charge >= 0.3 is 0 Å². The Morgan fingerprint density at radius 3 is 2.63 bits per heavy atom. The van der Waals surface area contributed by atoms with E-state index >= 15 is 0 Å². The molecule has 1 aromatic carbocycles. The van der Waals surface area contributed by atoms with Crippen molar-refractivity contribution in [2.24, 2.45) is 0 Å². The molecular weight excluding hydrogens is 244 g/mol. The van der Waals surface area contributed by atoms with E-state index in [1.165, 1.54) is 0 Å². The predicted molar refractivity (Wildman–Crippen MR) is 73.1 cm³/mol. The Hall–Kier alpha value is -1.43. The Labute approximate surface area is 113 Å². The van der Waals surface area contributed by atoms with Crippen molar-refractivity contribution in [1.82, 2.24) is 5.32 Å². The van der Waals surface area contributed by atoms with Gasteiger partial charge < -0.3 is 20.5 Å². The fourth-order valence-corrected chi connectivity index (χ4v) is 1.90. The summed E-state index contributed by atoms with van der Waals surface area (Å²) in [5.41, 5.74) is 1.58. The van der Waals surface area contributed by atoms with Gasteiger partial charge in [-0.3, -0.25) is 4.79 Å². The maximum absolute atomic E-state index is 11.7. The summed E-state index contributed by atoms with van der Waals surface area (Å²) in [6.07, 6.45) is 0.628. The molecule has 104 valence electrons. The maximum atomic E-state index is 11.7. The number of carbonyl (C=O) groups excluding carboxylic acids is 1. The van der Waals surface area contributed by atoms with Crippen LogP contribution in [0, 0.1) is 0 Å². The first-order valence-electron chi connectivity index (χ1n) is 6.46. The first-order valence-corrected chi connectivity index (χ1v) is 6.46. The van der Waals surface area contributed by atoms with E-state index in [0.717, 1.165) is 24.3 Å². The predicted octanol–water partition coefficient (Wildman–Crippen LogP) is 0.538. The number of hydrogen-bond donors (Lipinski definition) is 3. The molecule has 0 saturated carbocycles. The molecule has 5 nitrogen and oxygen atoms in total. The van der Waals surface area contributed by atoms with Gasteiger partial charge in [0.2, 0.25) is 5.91 Å². The van der Waals surface area contributed by atoms with E-state index in [-0.39, 0.29) is 24.7 Å². The number of rotatable bonds is 6. The van der Waals surface area contributed by atoms with Crippen molar-refractivity contribution in [1.29, 1.82) is 0 Å². The van der Waals surface area contributed by atoms with Gasteiger partial charge in [0.1, 0.15) is 6.61 Å². The zero-order valence-electron chi connectivity index (χ0n) is 11.1. The van der Waals surface area contributed by atoms with E-state index in [1.807, 2.05) is 31.2 Å². The molecule has 0 aliphatic carbocycles. The van der Waals surface area contributed by atoms with Gasteiger partial charge in [0.15, 0.2) is 0 Å². The summed E-state index contributed by atoms with van der Waals surface area (Å²) < 4.78 is 5.55. The molecule has 19 heavy (non-hydrogen) atoms. The van der Waals surface area contributed by atoms with Gasteiger partial charge in [-0.1, -0.05) is 12.1 Å². The topological polar surface area (TPSA) is 70.6 Å². The van der Waals surface area contributed by atoms with Crippen molar-refractivity contribution in [3.63, 3.8) is 0 Å². The molecule has 3 N–H and O–H groups in total. The minimum Gasteiger partial charge on any atom is -0.396 e. The van der Waals surface area contributed by atoms with Crippen molar-refractivity contribution in [3.05, 3.63) is 29.8 Å². The monoisotopic (exact) mass is 264 g/mol. The van der Waals surface area contributed by atoms with Gasteiger partial charge in [-0.15, -0.1) is 0 Å². The molecule has 1 saturated heterocycles. The van der Waals surface area contributed by atoms with Crippen LogP contribution in [0.25, 0.3) is 0 Å². The van der Waals surface area contributed by atoms with Crippen LogP contribution in [0.3, 0.4) is 0 Å². The molecule has 0 atom stereocenters. The number of aliphatic hydroxyl groups excluding tert-OH is 1. The quantitative estimate of drug-likeness (QED) is 0.701. The molecule has 1 amide bonds. The summed E-state index contributed by atoms with van der Waals surface area (Å²) in [4.78, 5) is 11.7. The third kappa shape index (κ3) is 4.02. The van der Waals surface area contributed by atoms with Crippen molar-refractivity contribution in [2.45, 2.75) is 18.9 Å². The van der Waals surface area contributed by atoms with Crippen LogP contribution < -0.4 is 10.6 Å². The minimum absolute atomic E-state index is 0.0660. The number of amides is 1. The van der Waals surface area contributed by atoms with Crippen molar-refractivity contribution in [3.8, 4) is 0 Å². The molecular formula is C14H20N2O3. The highest BCUT2D eigenvalue weighted by molar-refractivity contribution is 5.91. The standard InChI is InChI=1S/C14H20N2O3/c1-14(9-15-10-14)19-8-13(18)16-12-4-2-11(3-5-12)6-7-17/h2-5,15,17H,6-10H2,1H3,(H,16,18). The summed E-state index contributed by atoms with van der Waals surface area (Å²) in [6, 6.07) is 7.44. The van der Waals surface area contributed by atoms with Gasteiger partial charge in [0, 0.05) is 25.4 Å². The van der Waals surface area contributed by atoms with E-state index in [1.54, 1.807) is 0 Å². The van der Waals surface area contributed by atoms with Crippen molar-refractivity contribution in [2.75, 3.05) is 31.6 Å². The second-order valence-corrected chi connectivity index (χ2v) is 5.06. The smallest absolute Gasteiger partial charge is 0.250 e. The zero-order chi connectivity index (χ0) is 13.7. The lowest BCUT2D eigenvalue weighted by molar-refractivity contribution is -0.130. The Morgan fingerprint density at radius 1 is 1.42 bits per heavy atom. The molecule has 0 radical (unpaired) electrons. The molecule has 1 aliphatic heterocycles. The highest BCUT2D eigenvalue weighted by Gasteiger charge is 2.32. The summed E-state index contributed by atoms with van der Waals surface area (Å²) >= 11 is 0. The Bertz CT molecular complexity index is 427. The van der Waals surface area contributed by atoms with E-state index < -0.39 is 0 Å². The van der Waals surface area contributed by atoms with Crippen molar-refractivity contribution >= 4 is 11.6 Å². The van der Waals surface area contributed by atoms with Crippen LogP contribution in [-0.2, 0) is 16.0 Å². The molecule has 0 unspecified atom stereocenters. The molecule has 1 aliphatic rings. The van der Waals surface area contributed by atoms with E-state index in [4.69, 9.17) is 9.84 Å². The van der Waals surface area contributed by atoms with Crippen LogP contribution in [0.1, 0.15) is 12.5 Å². The van der Waals surface area contributed by atoms with Crippen LogP contribution in [0.2, 0.25) is 0 Å². The van der Waals surface area contributed by atoms with Gasteiger partial charge in [-0.2, -0.15) is 0 Å². The third-order valence-electron chi connectivity index (χ3n) is 3.19. The fraction of sp³-hybridized carbons (Fsp3) is 0.500. The molecule has 5 heteroatoms. The normalized spacial score (nSPS) is 16.7. The van der Waals surface area contributed by atoms with E-state index in [2.05, 4.69) is 10.6 Å². The average Bonchev–Trinajstić information content (AvgIpc) is 2.37. The lowest BCUT2D eigenvalue weighted by atomic mass is 10.0. The number of benzene rings is 1. The molecule has 1 fully saturated rings. The molecule has 0 aromatic heterocycles. The highest BCUT2D eigenvalue weighted by Crippen LogP contribution is 2.15. The van der Waals surface area contributed by atoms with Crippen LogP contribution in [0.4, 0.5) is 5.69 Å². The zero-order valence-corrected chi connectivity index (χ0v) is 11.1. The van der Waals surface area contributed by atoms with E-state index in [9.17, 15) is 4.79 Å². The van der Waals surface area contributed by atoms with Gasteiger partial charge in [-0.05, 0) is 31.0 Å². The number of ether oxygens (including phenoxy) is 1. The lowest BCUT2D eigenvalue weighted by Crippen LogP contribution is -2.59. The van der Waals surface area contributed by atoms with Crippen LogP contribution in [0.15, 0.2) is 24.3 Å². The molecule has 0 bridgehead atoms. The van der Waals surface area contributed by atoms with Crippen LogP contribution in [-0.4, -0.2) is 42.9 Å². The van der Waals surface area contributed by atoms with Gasteiger partial charge in [0.25, 0.3) is 0 Å². The van der Waals surface area contributed by atoms with Crippen LogP contribution in [0.5, 0.6) is 0 Å². The molecule has 0 spiro atoms. The fourth-order valence-electron chi connectivity index (χ4n) is 1.90. The lowest BCUT2D eigenvalue weighted by Gasteiger charge is -2.38. The van der Waals surface area contributed by atoms with Gasteiger partial charge in [0.05, 0.1) is 5.60 Å². The molecule has 1 aromatic rings. The molecule has 1 heterocycles. The number of anilines is 1. The SMILES string of the molecule is CC1(OCC(=O)Nc2ccc(CCO)cc2)CNC1. The molecule has 2 rings (SSSR count). The largest absolute Gasteiger partial charge is 0.396 e. The second-order valence-electron chi connectivity index (χ2n) is 5.06. The number of hydrogen-bond acceptors (Lipinski definition) is 4. The minimum atomic E-state index is -0.206. The summed E-state index contributed by atoms with van der Waals surface area (Å²) in [5, 5.41) is 14.7. The van der Waals surface area contributed by atoms with E-state index in [0.29, 0.717) is 6.42 Å². The highest BCUT2D eigenvalue weighted by atomic mass is 16.5. The summed E-state index contributed by atoms with van der Waals surface area (Å²) in [6.45, 7) is 3.76. The van der Waals surface area contributed by atoms with Gasteiger partial charge in [-0.25, -0.2) is 0 Å². The third-order valence-corrected chi connectivity index (χ3v) is 3.19. The number of aliphatic hydroxyl groups is 1. The Kier molecular flexibility index (Phi) is 4.52. The summed E-state index contributed by atoms with van der Waals surface area (Å²) in [7, 11) is 0. The number of nitrogens with one attached hydrogen (secondary N) is 2. The van der Waals surface area contributed by atoms with Crippen LogP contribution >= 0.6 is 0 Å². The Morgan fingerprint density at radius 2 is 2.11 bits per heavy atom. The average molecular weight is 264 g/mol. The van der Waals surface area contributed by atoms with Crippen molar-refractivity contribution < 1.29 is 14.6 Å². The second kappa shape index (κ2) is 6.14. The first kappa shape index (κ1) is 14.0. The number of carbonyl (C=O) groups is 1. The first-order chi connectivity index (χ1) is 9.11. The maximum Gasteiger partial charge on any atom is 0.250 e. The Balaban J connectivity index is 1.78. The summed E-state index contributed by atoms with van der Waals surface area (Å²) in [5.74, 6) is -0.150.